The molecule has 7 heteroatoms. The van der Waals surface area contributed by atoms with Crippen molar-refractivity contribution < 1.29 is 19.1 Å². The zero-order valence-corrected chi connectivity index (χ0v) is 21.3. The first kappa shape index (κ1) is 23.9. The van der Waals surface area contributed by atoms with Gasteiger partial charge in [0, 0.05) is 18.3 Å². The number of amides is 3. The van der Waals surface area contributed by atoms with Gasteiger partial charge in [-0.3, -0.25) is 19.3 Å². The van der Waals surface area contributed by atoms with Gasteiger partial charge in [0.1, 0.15) is 11.6 Å². The third-order valence-electron chi connectivity index (χ3n) is 8.61. The van der Waals surface area contributed by atoms with Gasteiger partial charge in [-0.15, -0.1) is 0 Å². The lowest BCUT2D eigenvalue weighted by molar-refractivity contribution is -0.134. The number of hydrogen-bond donors (Lipinski definition) is 2. The van der Waals surface area contributed by atoms with Crippen molar-refractivity contribution >= 4 is 23.4 Å². The molecule has 2 aromatic carbocycles. The van der Waals surface area contributed by atoms with Gasteiger partial charge in [0.15, 0.2) is 0 Å². The summed E-state index contributed by atoms with van der Waals surface area (Å²) in [4.78, 5) is 43.5. The number of benzene rings is 2. The van der Waals surface area contributed by atoms with E-state index in [1.54, 1.807) is 4.90 Å². The molecule has 1 spiro atoms. The van der Waals surface area contributed by atoms with Crippen molar-refractivity contribution in [3.05, 3.63) is 77.9 Å². The smallest absolute Gasteiger partial charge is 0.246 e. The first-order valence-electron chi connectivity index (χ1n) is 13.3. The molecule has 3 aliphatic heterocycles. The van der Waals surface area contributed by atoms with Gasteiger partial charge in [-0.2, -0.15) is 0 Å². The first-order valence-corrected chi connectivity index (χ1v) is 13.3. The highest BCUT2D eigenvalue weighted by atomic mass is 16.5. The molecule has 2 N–H and O–H groups in total. The van der Waals surface area contributed by atoms with Crippen LogP contribution >= 0.6 is 0 Å². The van der Waals surface area contributed by atoms with E-state index in [0.717, 1.165) is 36.8 Å². The Bertz CT molecular complexity index is 1270. The van der Waals surface area contributed by atoms with Gasteiger partial charge in [-0.1, -0.05) is 73.5 Å². The third-order valence-corrected chi connectivity index (χ3v) is 8.61. The lowest BCUT2D eigenvalue weighted by atomic mass is 9.70. The van der Waals surface area contributed by atoms with Crippen LogP contribution in [0.4, 0.5) is 5.69 Å². The molecular formula is C30H33N3O4. The van der Waals surface area contributed by atoms with Crippen LogP contribution in [0.25, 0.3) is 0 Å². The van der Waals surface area contributed by atoms with Crippen LogP contribution in [-0.2, 0) is 25.7 Å². The van der Waals surface area contributed by atoms with Gasteiger partial charge in [0.25, 0.3) is 0 Å². The average Bonchev–Trinajstić information content (AvgIpc) is 3.63. The minimum absolute atomic E-state index is 0.0971. The minimum Gasteiger partial charge on any atom is -0.356 e. The summed E-state index contributed by atoms with van der Waals surface area (Å²) in [5, 5.41) is 6.23. The maximum atomic E-state index is 14.3. The zero-order valence-electron chi connectivity index (χ0n) is 21.3. The summed E-state index contributed by atoms with van der Waals surface area (Å²) in [5.74, 6) is -2.24. The van der Waals surface area contributed by atoms with Crippen molar-refractivity contribution in [3.63, 3.8) is 0 Å². The predicted molar refractivity (Wildman–Crippen MR) is 139 cm³/mol. The van der Waals surface area contributed by atoms with Crippen LogP contribution in [-0.4, -0.2) is 41.0 Å². The summed E-state index contributed by atoms with van der Waals surface area (Å²) in [5.41, 5.74) is 0.372. The highest BCUT2D eigenvalue weighted by Gasteiger charge is 2.76. The second-order valence-corrected chi connectivity index (χ2v) is 11.0. The molecule has 2 saturated heterocycles. The monoisotopic (exact) mass is 499 g/mol. The molecule has 0 radical (unpaired) electrons. The molecule has 5 atom stereocenters. The van der Waals surface area contributed by atoms with Crippen molar-refractivity contribution in [3.8, 4) is 0 Å². The van der Waals surface area contributed by atoms with E-state index in [1.165, 1.54) is 0 Å². The van der Waals surface area contributed by atoms with Crippen LogP contribution in [0.2, 0.25) is 0 Å². The molecule has 37 heavy (non-hydrogen) atoms. The molecule has 192 valence electrons. The molecule has 3 heterocycles. The highest BCUT2D eigenvalue weighted by molar-refractivity contribution is 6.10. The molecule has 3 fully saturated rings. The molecule has 6 rings (SSSR count). The summed E-state index contributed by atoms with van der Waals surface area (Å²) in [6, 6.07) is 16.5. The summed E-state index contributed by atoms with van der Waals surface area (Å²) in [6.07, 6.45) is 7.79. The molecule has 0 unspecified atom stereocenters. The first-order chi connectivity index (χ1) is 17.8. The summed E-state index contributed by atoms with van der Waals surface area (Å²) >= 11 is 0. The molecule has 2 aromatic rings. The van der Waals surface area contributed by atoms with Gasteiger partial charge in [0.05, 0.1) is 17.4 Å². The van der Waals surface area contributed by atoms with E-state index in [4.69, 9.17) is 4.74 Å². The quantitative estimate of drug-likeness (QED) is 0.597. The number of rotatable bonds is 6. The number of carbonyl (C=O) groups is 3. The van der Waals surface area contributed by atoms with Crippen LogP contribution in [0.3, 0.4) is 0 Å². The van der Waals surface area contributed by atoms with E-state index in [0.29, 0.717) is 12.2 Å². The van der Waals surface area contributed by atoms with Crippen LogP contribution in [0.15, 0.2) is 66.7 Å². The number of nitrogens with zero attached hydrogens (tertiary/aromatic N) is 1. The number of aryl methyl sites for hydroxylation is 1. The number of anilines is 1. The van der Waals surface area contributed by atoms with Gasteiger partial charge in [-0.25, -0.2) is 0 Å². The SMILES string of the molecule is Cc1ccccc1N1C(=O)[C@@H]2[C@@H](C(=O)NCc3ccccc3)[C@@]3(C)C=C[C@@]2(O3)[C@@H]1C(=O)NC1CCCC1. The van der Waals surface area contributed by atoms with E-state index >= 15 is 0 Å². The number of fused-ring (bicyclic) bond motifs is 1. The Balaban J connectivity index is 1.37. The Morgan fingerprint density at radius 2 is 1.70 bits per heavy atom. The fourth-order valence-corrected chi connectivity index (χ4v) is 6.87. The molecule has 1 aliphatic carbocycles. The lowest BCUT2D eigenvalue weighted by Crippen LogP contribution is -2.56. The molecule has 3 amide bonds. The molecule has 1 saturated carbocycles. The van der Waals surface area contributed by atoms with Gasteiger partial charge in [-0.05, 0) is 43.9 Å². The number of hydrogen-bond acceptors (Lipinski definition) is 4. The topological polar surface area (TPSA) is 87.7 Å². The Morgan fingerprint density at radius 3 is 2.43 bits per heavy atom. The molecule has 0 aromatic heterocycles. The molecule has 4 aliphatic rings. The van der Waals surface area contributed by atoms with E-state index in [1.807, 2.05) is 80.6 Å². The normalized spacial score (nSPS) is 32.1. The van der Waals surface area contributed by atoms with Crippen molar-refractivity contribution in [1.29, 1.82) is 0 Å². The largest absolute Gasteiger partial charge is 0.356 e. The summed E-state index contributed by atoms with van der Waals surface area (Å²) < 4.78 is 6.62. The maximum absolute atomic E-state index is 14.3. The van der Waals surface area contributed by atoms with Gasteiger partial charge >= 0.3 is 0 Å². The number of nitrogens with one attached hydrogen (secondary N) is 2. The van der Waals surface area contributed by atoms with Crippen LogP contribution in [0.5, 0.6) is 0 Å². The van der Waals surface area contributed by atoms with Crippen LogP contribution in [0.1, 0.15) is 43.7 Å². The summed E-state index contributed by atoms with van der Waals surface area (Å²) in [7, 11) is 0. The van der Waals surface area contributed by atoms with Gasteiger partial charge in [0.2, 0.25) is 17.7 Å². The standard InChI is InChI=1S/C30H33N3O4/c1-19-10-6-9-15-22(19)33-25(27(35)32-21-13-7-8-14-21)30-17-16-29(2,37-30)23(24(30)28(33)36)26(34)31-18-20-11-4-3-5-12-20/h3-6,9-12,15-17,21,23-25H,7-8,13-14,18H2,1-2H3,(H,31,34)(H,32,35)/t23-,24-,25-,29+,30-/m0/s1. The fourth-order valence-electron chi connectivity index (χ4n) is 6.87. The Kier molecular flexibility index (Phi) is 5.71. The summed E-state index contributed by atoms with van der Waals surface area (Å²) in [6.45, 7) is 4.14. The van der Waals surface area contributed by atoms with Crippen LogP contribution in [0, 0.1) is 18.8 Å². The molecule has 7 nitrogen and oxygen atoms in total. The van der Waals surface area contributed by atoms with Crippen molar-refractivity contribution in [1.82, 2.24) is 10.6 Å². The van der Waals surface area contributed by atoms with Crippen LogP contribution < -0.4 is 15.5 Å². The van der Waals surface area contributed by atoms with E-state index < -0.39 is 29.1 Å². The molecular weight excluding hydrogens is 466 g/mol. The number of para-hydroxylation sites is 1. The number of ether oxygens (including phenoxy) is 1. The van der Waals surface area contributed by atoms with Crippen molar-refractivity contribution in [2.45, 2.75) is 69.4 Å². The van der Waals surface area contributed by atoms with E-state index in [2.05, 4.69) is 10.6 Å². The second kappa shape index (κ2) is 8.84. The fraction of sp³-hybridized carbons (Fsp3) is 0.433. The zero-order chi connectivity index (χ0) is 25.8. The van der Waals surface area contributed by atoms with E-state index in [9.17, 15) is 14.4 Å². The third kappa shape index (κ3) is 3.71. The average molecular weight is 500 g/mol. The second-order valence-electron chi connectivity index (χ2n) is 11.0. The molecule has 2 bridgehead atoms. The Hall–Kier alpha value is -3.45. The Morgan fingerprint density at radius 1 is 1.00 bits per heavy atom. The van der Waals surface area contributed by atoms with E-state index in [-0.39, 0.29) is 23.8 Å². The minimum atomic E-state index is -1.20. The maximum Gasteiger partial charge on any atom is 0.246 e. The predicted octanol–water partition coefficient (Wildman–Crippen LogP) is 3.42. The van der Waals surface area contributed by atoms with Gasteiger partial charge < -0.3 is 15.4 Å². The lowest BCUT2D eigenvalue weighted by Gasteiger charge is -2.34. The Labute approximate surface area is 217 Å². The van der Waals surface area contributed by atoms with Crippen molar-refractivity contribution in [2.24, 2.45) is 11.8 Å². The van der Waals surface area contributed by atoms with Crippen molar-refractivity contribution in [2.75, 3.05) is 4.90 Å². The number of carbonyl (C=O) groups excluding carboxylic acids is 3. The highest BCUT2D eigenvalue weighted by Crippen LogP contribution is 2.60.